The van der Waals surface area contributed by atoms with Crippen molar-refractivity contribution in [2.45, 2.75) is 26.7 Å². The molecule has 0 radical (unpaired) electrons. The Labute approximate surface area is 235 Å². The molecule has 0 atom stereocenters. The van der Waals surface area contributed by atoms with Crippen LogP contribution in [0.2, 0.25) is 10.0 Å². The molecule has 0 aliphatic carbocycles. The molecule has 2 amide bonds. The summed E-state index contributed by atoms with van der Waals surface area (Å²) in [5.74, 6) is -1.12. The van der Waals surface area contributed by atoms with Gasteiger partial charge in [0.2, 0.25) is 0 Å². The average Bonchev–Trinajstić information content (AvgIpc) is 3.37. The number of aromatic nitrogens is 3. The largest absolute Gasteiger partial charge is 0.858 e. The van der Waals surface area contributed by atoms with Crippen molar-refractivity contribution >= 4 is 52.0 Å². The van der Waals surface area contributed by atoms with Gasteiger partial charge in [0.25, 0.3) is 11.6 Å². The monoisotopic (exact) mass is 562 g/mol. The maximum Gasteiger partial charge on any atom is 0.331 e. The first-order chi connectivity index (χ1) is 18.7. The zero-order valence-corrected chi connectivity index (χ0v) is 23.0. The fourth-order valence-electron chi connectivity index (χ4n) is 4.58. The van der Waals surface area contributed by atoms with Crippen molar-refractivity contribution in [3.05, 3.63) is 93.9 Å². The van der Waals surface area contributed by atoms with E-state index in [1.807, 2.05) is 19.9 Å². The van der Waals surface area contributed by atoms with Crippen molar-refractivity contribution in [2.75, 3.05) is 12.0 Å². The molecule has 39 heavy (non-hydrogen) atoms. The van der Waals surface area contributed by atoms with Gasteiger partial charge in [-0.3, -0.25) is 9.59 Å². The molecule has 198 valence electrons. The van der Waals surface area contributed by atoms with Crippen molar-refractivity contribution in [1.29, 1.82) is 0 Å². The number of aryl methyl sites for hydroxylation is 2. The molecule has 3 heterocycles. The number of nitrogens with zero attached hydrogens (tertiary/aromatic N) is 4. The van der Waals surface area contributed by atoms with Gasteiger partial charge in [0, 0.05) is 17.2 Å². The maximum absolute atomic E-state index is 14.1. The van der Waals surface area contributed by atoms with Crippen LogP contribution in [0.5, 0.6) is 11.6 Å². The Balaban J connectivity index is 1.76. The van der Waals surface area contributed by atoms with Crippen LogP contribution in [0.15, 0.2) is 67.0 Å². The highest BCUT2D eigenvalue weighted by atomic mass is 35.5. The molecule has 0 fully saturated rings. The normalized spacial score (nSPS) is 13.5. The van der Waals surface area contributed by atoms with Crippen LogP contribution in [0.25, 0.3) is 17.0 Å². The molecule has 0 bridgehead atoms. The number of methoxy groups -OCH3 is 1. The second-order valence-corrected chi connectivity index (χ2v) is 9.86. The molecule has 2 aromatic carbocycles. The van der Waals surface area contributed by atoms with Crippen LogP contribution in [0.1, 0.15) is 30.2 Å². The van der Waals surface area contributed by atoms with Gasteiger partial charge in [-0.2, -0.15) is 9.67 Å². The summed E-state index contributed by atoms with van der Waals surface area (Å²) in [4.78, 5) is 29.1. The predicted molar refractivity (Wildman–Crippen MR) is 147 cm³/mol. The Morgan fingerprint density at radius 2 is 1.72 bits per heavy atom. The smallest absolute Gasteiger partial charge is 0.331 e. The first-order valence-corrected chi connectivity index (χ1v) is 13.0. The maximum atomic E-state index is 14.1. The van der Waals surface area contributed by atoms with Crippen molar-refractivity contribution in [1.82, 2.24) is 9.78 Å². The number of rotatable bonds is 7. The van der Waals surface area contributed by atoms with E-state index in [1.54, 1.807) is 59.4 Å². The third kappa shape index (κ3) is 4.66. The molecule has 0 saturated carbocycles. The van der Waals surface area contributed by atoms with E-state index in [0.29, 0.717) is 40.7 Å². The number of imide groups is 1. The first-order valence-electron chi connectivity index (χ1n) is 12.2. The van der Waals surface area contributed by atoms with Gasteiger partial charge < -0.3 is 9.84 Å². The summed E-state index contributed by atoms with van der Waals surface area (Å²) >= 11 is 12.3. The fourth-order valence-corrected chi connectivity index (χ4v) is 4.87. The molecule has 8 nitrogen and oxygen atoms in total. The summed E-state index contributed by atoms with van der Waals surface area (Å²) in [6, 6.07) is 15.0. The second kappa shape index (κ2) is 10.6. The van der Waals surface area contributed by atoms with Gasteiger partial charge in [0.1, 0.15) is 11.3 Å². The zero-order chi connectivity index (χ0) is 27.8. The lowest BCUT2D eigenvalue weighted by Gasteiger charge is -2.16. The lowest BCUT2D eigenvalue weighted by Crippen LogP contribution is -2.39. The van der Waals surface area contributed by atoms with E-state index < -0.39 is 17.7 Å². The van der Waals surface area contributed by atoms with Gasteiger partial charge in [-0.25, -0.2) is 9.58 Å². The molecule has 10 heteroatoms. The highest BCUT2D eigenvalue weighted by molar-refractivity contribution is 6.53. The second-order valence-electron chi connectivity index (χ2n) is 9.04. The van der Waals surface area contributed by atoms with Gasteiger partial charge in [-0.05, 0) is 67.8 Å². The number of hydrogen-bond donors (Lipinski definition) is 0. The summed E-state index contributed by atoms with van der Waals surface area (Å²) in [6.45, 7) is 3.82. The number of benzene rings is 2. The Hall–Kier alpha value is -4.14. The van der Waals surface area contributed by atoms with Gasteiger partial charge in [0.05, 0.1) is 34.2 Å². The SMILES string of the molecule is CCCc1nn(-c2ccc(Cl)c(Cl)c2)c([O-])c1C1=C([n+]2cccc(C)c2)C(=O)N(c2ccc(OC)cc2)C1=O. The predicted octanol–water partition coefficient (Wildman–Crippen LogP) is 4.75. The molecule has 4 aromatic rings. The number of carbonyl (C=O) groups is 2. The molecule has 5 rings (SSSR count). The third-order valence-corrected chi connectivity index (χ3v) is 7.14. The highest BCUT2D eigenvalue weighted by Crippen LogP contribution is 2.39. The number of ether oxygens (including phenoxy) is 1. The molecule has 1 aliphatic rings. The van der Waals surface area contributed by atoms with Gasteiger partial charge in [-0.15, -0.1) is 0 Å². The summed E-state index contributed by atoms with van der Waals surface area (Å²) in [5, 5.41) is 19.1. The molecule has 0 unspecified atom stereocenters. The minimum Gasteiger partial charge on any atom is -0.858 e. The molecular formula is C29H24Cl2N4O4. The lowest BCUT2D eigenvalue weighted by atomic mass is 10.0. The Morgan fingerprint density at radius 1 is 1.00 bits per heavy atom. The summed E-state index contributed by atoms with van der Waals surface area (Å²) in [7, 11) is 1.53. The number of amides is 2. The van der Waals surface area contributed by atoms with E-state index in [4.69, 9.17) is 27.9 Å². The van der Waals surface area contributed by atoms with E-state index >= 15 is 0 Å². The van der Waals surface area contributed by atoms with E-state index in [9.17, 15) is 14.7 Å². The van der Waals surface area contributed by atoms with E-state index in [-0.39, 0.29) is 21.9 Å². The van der Waals surface area contributed by atoms with Crippen LogP contribution in [0, 0.1) is 6.92 Å². The van der Waals surface area contributed by atoms with E-state index in [0.717, 1.165) is 10.5 Å². The summed E-state index contributed by atoms with van der Waals surface area (Å²) < 4.78 is 8.01. The lowest BCUT2D eigenvalue weighted by molar-refractivity contribution is -0.577. The first kappa shape index (κ1) is 26.5. The average molecular weight is 563 g/mol. The van der Waals surface area contributed by atoms with Crippen molar-refractivity contribution in [3.63, 3.8) is 0 Å². The Kier molecular flexibility index (Phi) is 7.16. The van der Waals surface area contributed by atoms with Crippen LogP contribution in [-0.2, 0) is 16.0 Å². The van der Waals surface area contributed by atoms with Crippen molar-refractivity contribution in [3.8, 4) is 17.3 Å². The van der Waals surface area contributed by atoms with Gasteiger partial charge in [0.15, 0.2) is 12.4 Å². The minimum absolute atomic E-state index is 0.00817. The van der Waals surface area contributed by atoms with E-state index in [1.165, 1.54) is 17.9 Å². The molecule has 0 spiro atoms. The minimum atomic E-state index is -0.614. The number of carbonyl (C=O) groups excluding carboxylic acids is 2. The zero-order valence-electron chi connectivity index (χ0n) is 21.4. The molecule has 0 N–H and O–H groups in total. The van der Waals surface area contributed by atoms with Crippen LogP contribution >= 0.6 is 23.2 Å². The molecular weight excluding hydrogens is 539 g/mol. The van der Waals surface area contributed by atoms with Crippen LogP contribution < -0.4 is 19.3 Å². The quantitative estimate of drug-likeness (QED) is 0.239. The van der Waals surface area contributed by atoms with E-state index in [2.05, 4.69) is 5.10 Å². The number of hydrogen-bond acceptors (Lipinski definition) is 5. The Bertz CT molecular complexity index is 1640. The van der Waals surface area contributed by atoms with Gasteiger partial charge >= 0.3 is 5.91 Å². The number of anilines is 1. The summed E-state index contributed by atoms with van der Waals surface area (Å²) in [5.41, 5.74) is 2.18. The topological polar surface area (TPSA) is 91.4 Å². The molecule has 0 saturated heterocycles. The Morgan fingerprint density at radius 3 is 2.36 bits per heavy atom. The number of pyridine rings is 1. The summed E-state index contributed by atoms with van der Waals surface area (Å²) in [6.07, 6.45) is 4.50. The van der Waals surface area contributed by atoms with Gasteiger partial charge in [-0.1, -0.05) is 36.5 Å². The standard InChI is InChI=1S/C29H24Cl2N4O4/c1-4-6-23-24(28(37)35(32-23)19-10-13-21(30)22(31)15-19)25-26(33-14-5-7-17(2)16-33)29(38)34(27(25)36)18-8-11-20(39-3)12-9-18/h5,7-16H,4,6H2,1-3H3. The van der Waals surface area contributed by atoms with Crippen LogP contribution in [0.4, 0.5) is 5.69 Å². The van der Waals surface area contributed by atoms with Crippen LogP contribution in [-0.4, -0.2) is 28.7 Å². The third-order valence-electron chi connectivity index (χ3n) is 6.40. The van der Waals surface area contributed by atoms with Crippen molar-refractivity contribution in [2.24, 2.45) is 0 Å². The van der Waals surface area contributed by atoms with Crippen molar-refractivity contribution < 1.29 is 24.0 Å². The fraction of sp³-hybridized carbons (Fsp3) is 0.172. The number of halogens is 2. The van der Waals surface area contributed by atoms with Crippen LogP contribution in [0.3, 0.4) is 0 Å². The highest BCUT2D eigenvalue weighted by Gasteiger charge is 2.47. The molecule has 2 aromatic heterocycles. The molecule has 1 aliphatic heterocycles.